The third-order valence-electron chi connectivity index (χ3n) is 5.21. The van der Waals surface area contributed by atoms with Crippen molar-refractivity contribution in [3.05, 3.63) is 56.7 Å². The van der Waals surface area contributed by atoms with Gasteiger partial charge in [0.1, 0.15) is 4.83 Å². The Labute approximate surface area is 160 Å². The largest absolute Gasteiger partial charge is 0.389 e. The first-order chi connectivity index (χ1) is 12.8. The number of aromatic nitrogens is 4. The summed E-state index contributed by atoms with van der Waals surface area (Å²) in [6.07, 6.45) is 2.55. The SMILES string of the molecule is Cc1cc2ncn(CC(O)Cn3cnc4sc(C)c(C)c4c3=O)c2cc1C. The number of benzene rings is 1. The molecule has 4 rings (SSSR count). The van der Waals surface area contributed by atoms with E-state index >= 15 is 0 Å². The van der Waals surface area contributed by atoms with Gasteiger partial charge in [-0.3, -0.25) is 9.36 Å². The molecule has 7 heteroatoms. The Balaban J connectivity index is 1.62. The van der Waals surface area contributed by atoms with Gasteiger partial charge in [0.25, 0.3) is 5.56 Å². The highest BCUT2D eigenvalue weighted by Crippen LogP contribution is 2.25. The lowest BCUT2D eigenvalue weighted by molar-refractivity contribution is 0.134. The van der Waals surface area contributed by atoms with Crippen LogP contribution in [0.25, 0.3) is 21.3 Å². The van der Waals surface area contributed by atoms with Crippen LogP contribution in [-0.2, 0) is 13.1 Å². The summed E-state index contributed by atoms with van der Waals surface area (Å²) in [7, 11) is 0. The average molecular weight is 382 g/mol. The van der Waals surface area contributed by atoms with Crippen LogP contribution in [0, 0.1) is 27.7 Å². The van der Waals surface area contributed by atoms with Gasteiger partial charge >= 0.3 is 0 Å². The van der Waals surface area contributed by atoms with Gasteiger partial charge in [-0.15, -0.1) is 11.3 Å². The maximum Gasteiger partial charge on any atom is 0.262 e. The highest BCUT2D eigenvalue weighted by atomic mass is 32.1. The van der Waals surface area contributed by atoms with Crippen LogP contribution in [0.15, 0.2) is 29.6 Å². The van der Waals surface area contributed by atoms with E-state index in [-0.39, 0.29) is 12.1 Å². The van der Waals surface area contributed by atoms with E-state index in [1.54, 1.807) is 6.33 Å². The Kier molecular flexibility index (Phi) is 4.36. The van der Waals surface area contributed by atoms with Gasteiger partial charge in [0, 0.05) is 4.88 Å². The molecule has 0 saturated carbocycles. The minimum absolute atomic E-state index is 0.0946. The van der Waals surface area contributed by atoms with Crippen molar-refractivity contribution >= 4 is 32.6 Å². The first-order valence-electron chi connectivity index (χ1n) is 8.90. The molecule has 1 atom stereocenters. The second-order valence-electron chi connectivity index (χ2n) is 7.14. The molecular formula is C20H22N4O2S. The van der Waals surface area contributed by atoms with Crippen molar-refractivity contribution in [1.29, 1.82) is 0 Å². The number of imidazole rings is 1. The molecule has 0 bridgehead atoms. The summed E-state index contributed by atoms with van der Waals surface area (Å²) in [5.41, 5.74) is 5.16. The molecule has 4 aromatic rings. The normalized spacial score (nSPS) is 12.9. The standard InChI is InChI=1S/C20H22N4O2S/c1-11-5-16-17(6-12(11)2)23(9-21-16)7-15(25)8-24-10-22-19-18(20(24)26)13(3)14(4)27-19/h5-6,9-10,15,25H,7-8H2,1-4H3. The van der Waals surface area contributed by atoms with Crippen LogP contribution in [0.5, 0.6) is 0 Å². The number of hydrogen-bond acceptors (Lipinski definition) is 5. The second-order valence-corrected chi connectivity index (χ2v) is 8.34. The predicted molar refractivity (Wildman–Crippen MR) is 109 cm³/mol. The van der Waals surface area contributed by atoms with Crippen LogP contribution >= 0.6 is 11.3 Å². The minimum atomic E-state index is -0.721. The molecule has 0 aliphatic heterocycles. The molecule has 3 aromatic heterocycles. The lowest BCUT2D eigenvalue weighted by Gasteiger charge is -2.14. The Morgan fingerprint density at radius 1 is 1.04 bits per heavy atom. The number of hydrogen-bond donors (Lipinski definition) is 1. The molecule has 0 spiro atoms. The van der Waals surface area contributed by atoms with E-state index in [0.717, 1.165) is 26.3 Å². The van der Waals surface area contributed by atoms with Gasteiger partial charge in [-0.05, 0) is 56.5 Å². The van der Waals surface area contributed by atoms with Gasteiger partial charge in [0.15, 0.2) is 0 Å². The summed E-state index contributed by atoms with van der Waals surface area (Å²) in [4.78, 5) is 23.5. The van der Waals surface area contributed by atoms with E-state index in [1.807, 2.05) is 18.4 Å². The summed E-state index contributed by atoms with van der Waals surface area (Å²) in [6.45, 7) is 8.63. The molecule has 140 valence electrons. The summed E-state index contributed by atoms with van der Waals surface area (Å²) in [6, 6.07) is 4.14. The monoisotopic (exact) mass is 382 g/mol. The Hall–Kier alpha value is -2.51. The highest BCUT2D eigenvalue weighted by Gasteiger charge is 2.15. The second kappa shape index (κ2) is 6.58. The molecule has 1 aromatic carbocycles. The van der Waals surface area contributed by atoms with Crippen LogP contribution in [0.1, 0.15) is 21.6 Å². The summed E-state index contributed by atoms with van der Waals surface area (Å²) < 4.78 is 3.43. The lowest BCUT2D eigenvalue weighted by Crippen LogP contribution is -2.29. The van der Waals surface area contributed by atoms with E-state index in [0.29, 0.717) is 11.9 Å². The van der Waals surface area contributed by atoms with Gasteiger partial charge in [0.2, 0.25) is 0 Å². The van der Waals surface area contributed by atoms with Crippen LogP contribution in [0.3, 0.4) is 0 Å². The molecule has 27 heavy (non-hydrogen) atoms. The van der Waals surface area contributed by atoms with Gasteiger partial charge < -0.3 is 9.67 Å². The van der Waals surface area contributed by atoms with Crippen molar-refractivity contribution in [1.82, 2.24) is 19.1 Å². The van der Waals surface area contributed by atoms with Crippen LogP contribution < -0.4 is 5.56 Å². The van der Waals surface area contributed by atoms with Crippen LogP contribution in [-0.4, -0.2) is 30.3 Å². The average Bonchev–Trinajstić information content (AvgIpc) is 3.12. The molecule has 0 saturated heterocycles. The van der Waals surface area contributed by atoms with E-state index in [4.69, 9.17) is 0 Å². The van der Waals surface area contributed by atoms with E-state index in [9.17, 15) is 9.90 Å². The molecule has 0 aliphatic rings. The molecule has 1 N–H and O–H groups in total. The number of aliphatic hydroxyl groups is 1. The van der Waals surface area contributed by atoms with E-state index in [1.165, 1.54) is 33.4 Å². The van der Waals surface area contributed by atoms with Crippen LogP contribution in [0.4, 0.5) is 0 Å². The Morgan fingerprint density at radius 2 is 1.70 bits per heavy atom. The molecular weight excluding hydrogens is 360 g/mol. The van der Waals surface area contributed by atoms with E-state index in [2.05, 4.69) is 35.9 Å². The zero-order chi connectivity index (χ0) is 19.3. The van der Waals surface area contributed by atoms with Gasteiger partial charge in [0.05, 0.1) is 48.3 Å². The quantitative estimate of drug-likeness (QED) is 0.589. The fourth-order valence-electron chi connectivity index (χ4n) is 3.37. The van der Waals surface area contributed by atoms with Gasteiger partial charge in [-0.25, -0.2) is 9.97 Å². The molecule has 6 nitrogen and oxygen atoms in total. The summed E-state index contributed by atoms with van der Waals surface area (Å²) >= 11 is 1.53. The predicted octanol–water partition coefficient (Wildman–Crippen LogP) is 3.10. The number of thiophene rings is 1. The van der Waals surface area contributed by atoms with Crippen molar-refractivity contribution < 1.29 is 5.11 Å². The summed E-state index contributed by atoms with van der Waals surface area (Å²) in [5.74, 6) is 0. The maximum atomic E-state index is 12.8. The Morgan fingerprint density at radius 3 is 2.48 bits per heavy atom. The van der Waals surface area contributed by atoms with Crippen LogP contribution in [0.2, 0.25) is 0 Å². The van der Waals surface area contributed by atoms with Gasteiger partial charge in [-0.2, -0.15) is 0 Å². The van der Waals surface area contributed by atoms with Crippen molar-refractivity contribution in [2.24, 2.45) is 0 Å². The highest BCUT2D eigenvalue weighted by molar-refractivity contribution is 7.18. The smallest absolute Gasteiger partial charge is 0.262 e. The number of aliphatic hydroxyl groups excluding tert-OH is 1. The molecule has 0 fully saturated rings. The van der Waals surface area contributed by atoms with Gasteiger partial charge in [-0.1, -0.05) is 0 Å². The fourth-order valence-corrected chi connectivity index (χ4v) is 4.36. The number of rotatable bonds is 4. The minimum Gasteiger partial charge on any atom is -0.389 e. The van der Waals surface area contributed by atoms with Crippen molar-refractivity contribution in [2.75, 3.05) is 0 Å². The summed E-state index contributed by atoms with van der Waals surface area (Å²) in [5, 5.41) is 11.3. The molecule has 1 unspecified atom stereocenters. The number of aryl methyl sites for hydroxylation is 4. The topological polar surface area (TPSA) is 72.9 Å². The zero-order valence-corrected chi connectivity index (χ0v) is 16.7. The first-order valence-corrected chi connectivity index (χ1v) is 9.72. The Bertz CT molecular complexity index is 1220. The molecule has 0 amide bonds. The third kappa shape index (κ3) is 3.07. The third-order valence-corrected chi connectivity index (χ3v) is 6.32. The molecule has 0 radical (unpaired) electrons. The maximum absolute atomic E-state index is 12.8. The first kappa shape index (κ1) is 17.9. The fraction of sp³-hybridized carbons (Fsp3) is 0.350. The number of nitrogens with zero attached hydrogens (tertiary/aromatic N) is 4. The van der Waals surface area contributed by atoms with Crippen molar-refractivity contribution in [2.45, 2.75) is 46.9 Å². The lowest BCUT2D eigenvalue weighted by atomic mass is 10.1. The van der Waals surface area contributed by atoms with E-state index < -0.39 is 6.10 Å². The molecule has 3 heterocycles. The van der Waals surface area contributed by atoms with Crippen molar-refractivity contribution in [3.63, 3.8) is 0 Å². The number of fused-ring (bicyclic) bond motifs is 2. The zero-order valence-electron chi connectivity index (χ0n) is 15.9. The van der Waals surface area contributed by atoms with Crippen molar-refractivity contribution in [3.8, 4) is 0 Å². The molecule has 0 aliphatic carbocycles.